The number of hydrogen-bond acceptors (Lipinski definition) is 6. The van der Waals surface area contributed by atoms with Crippen LogP contribution in [0.25, 0.3) is 11.0 Å². The van der Waals surface area contributed by atoms with Crippen LogP contribution in [0, 0.1) is 11.8 Å². The highest BCUT2D eigenvalue weighted by Crippen LogP contribution is 2.29. The fourth-order valence-corrected chi connectivity index (χ4v) is 4.64. The zero-order valence-electron chi connectivity index (χ0n) is 17.4. The predicted octanol–water partition coefficient (Wildman–Crippen LogP) is 2.71. The molecular formula is C23H27NO6. The molecule has 1 aromatic carbocycles. The first-order valence-corrected chi connectivity index (χ1v) is 10.6. The average Bonchev–Trinajstić information content (AvgIpc) is 3.20. The lowest BCUT2D eigenvalue weighted by atomic mass is 9.92. The lowest BCUT2D eigenvalue weighted by Gasteiger charge is -2.34. The van der Waals surface area contributed by atoms with Crippen LogP contribution in [0.1, 0.15) is 37.8 Å². The number of carbonyl (C=O) groups excluding carboxylic acids is 2. The van der Waals surface area contributed by atoms with E-state index in [2.05, 4.69) is 13.8 Å². The minimum atomic E-state index is -0.614. The van der Waals surface area contributed by atoms with Crippen LogP contribution in [0.5, 0.6) is 5.75 Å². The van der Waals surface area contributed by atoms with Gasteiger partial charge in [-0.2, -0.15) is 0 Å². The minimum Gasteiger partial charge on any atom is -0.482 e. The first kappa shape index (κ1) is 20.4. The number of nitrogens with zero attached hydrogens (tertiary/aromatic N) is 1. The maximum absolute atomic E-state index is 12.3. The van der Waals surface area contributed by atoms with Crippen molar-refractivity contribution in [3.63, 3.8) is 0 Å². The second-order valence-electron chi connectivity index (χ2n) is 8.55. The molecule has 2 aliphatic rings. The highest BCUT2D eigenvalue weighted by Gasteiger charge is 2.26. The highest BCUT2D eigenvalue weighted by molar-refractivity contribution is 5.83. The summed E-state index contributed by atoms with van der Waals surface area (Å²) < 4.78 is 16.0. The average molecular weight is 413 g/mol. The van der Waals surface area contributed by atoms with E-state index >= 15 is 0 Å². The third-order valence-electron chi connectivity index (χ3n) is 5.88. The Labute approximate surface area is 174 Å². The van der Waals surface area contributed by atoms with Gasteiger partial charge in [0.1, 0.15) is 11.3 Å². The summed E-state index contributed by atoms with van der Waals surface area (Å²) in [4.78, 5) is 38.2. The van der Waals surface area contributed by atoms with Gasteiger partial charge in [-0.25, -0.2) is 9.59 Å². The van der Waals surface area contributed by atoms with E-state index in [0.29, 0.717) is 36.3 Å². The summed E-state index contributed by atoms with van der Waals surface area (Å²) in [6.07, 6.45) is 3.68. The van der Waals surface area contributed by atoms with Gasteiger partial charge < -0.3 is 18.8 Å². The van der Waals surface area contributed by atoms with Gasteiger partial charge in [-0.05, 0) is 55.2 Å². The Balaban J connectivity index is 1.32. The maximum Gasteiger partial charge on any atom is 0.344 e. The van der Waals surface area contributed by atoms with Gasteiger partial charge in [0, 0.05) is 30.1 Å². The molecule has 1 aliphatic heterocycles. The van der Waals surface area contributed by atoms with Crippen LogP contribution in [-0.2, 0) is 27.2 Å². The molecule has 1 saturated heterocycles. The molecule has 0 spiro atoms. The molecule has 1 amide bonds. The molecule has 2 heterocycles. The molecule has 0 unspecified atom stereocenters. The van der Waals surface area contributed by atoms with Gasteiger partial charge in [-0.15, -0.1) is 0 Å². The zero-order valence-corrected chi connectivity index (χ0v) is 17.4. The van der Waals surface area contributed by atoms with E-state index in [1.807, 2.05) is 6.07 Å². The molecule has 0 radical (unpaired) electrons. The fourth-order valence-electron chi connectivity index (χ4n) is 4.64. The number of rotatable bonds is 5. The summed E-state index contributed by atoms with van der Waals surface area (Å²) in [5, 5.41) is 0.910. The van der Waals surface area contributed by atoms with E-state index < -0.39 is 5.97 Å². The van der Waals surface area contributed by atoms with Gasteiger partial charge in [0.05, 0.1) is 0 Å². The molecule has 7 nitrogen and oxygen atoms in total. The van der Waals surface area contributed by atoms with Crippen LogP contribution in [0.2, 0.25) is 0 Å². The lowest BCUT2D eigenvalue weighted by Crippen LogP contribution is -2.44. The molecule has 1 fully saturated rings. The summed E-state index contributed by atoms with van der Waals surface area (Å²) >= 11 is 0. The van der Waals surface area contributed by atoms with Crippen molar-refractivity contribution in [1.29, 1.82) is 0 Å². The topological polar surface area (TPSA) is 86.0 Å². The molecule has 4 rings (SSSR count). The number of ether oxygens (including phenoxy) is 2. The van der Waals surface area contributed by atoms with Crippen molar-refractivity contribution in [2.75, 3.05) is 26.3 Å². The Morgan fingerprint density at radius 2 is 1.83 bits per heavy atom. The number of hydrogen-bond donors (Lipinski definition) is 0. The Kier molecular flexibility index (Phi) is 5.79. The molecule has 7 heteroatoms. The second kappa shape index (κ2) is 8.50. The van der Waals surface area contributed by atoms with E-state index in [4.69, 9.17) is 13.9 Å². The molecule has 0 N–H and O–H groups in total. The third kappa shape index (κ3) is 4.35. The maximum atomic E-state index is 12.3. The number of carbonyl (C=O) groups is 2. The Bertz CT molecular complexity index is 1020. The molecule has 2 aromatic rings. The van der Waals surface area contributed by atoms with Crippen LogP contribution < -0.4 is 10.4 Å². The second-order valence-corrected chi connectivity index (χ2v) is 8.55. The number of amides is 1. The van der Waals surface area contributed by atoms with Gasteiger partial charge >= 0.3 is 11.6 Å². The smallest absolute Gasteiger partial charge is 0.344 e. The van der Waals surface area contributed by atoms with Gasteiger partial charge in [0.15, 0.2) is 13.2 Å². The number of fused-ring (bicyclic) bond motifs is 3. The van der Waals surface area contributed by atoms with E-state index in [1.54, 1.807) is 17.0 Å². The van der Waals surface area contributed by atoms with Crippen molar-refractivity contribution in [3.05, 3.63) is 39.7 Å². The van der Waals surface area contributed by atoms with Gasteiger partial charge in [-0.1, -0.05) is 13.8 Å². The summed E-state index contributed by atoms with van der Waals surface area (Å²) in [7, 11) is 0. The molecule has 1 aromatic heterocycles. The van der Waals surface area contributed by atoms with Gasteiger partial charge in [0.25, 0.3) is 5.91 Å². The van der Waals surface area contributed by atoms with Crippen molar-refractivity contribution in [3.8, 4) is 5.75 Å². The number of piperidine rings is 1. The van der Waals surface area contributed by atoms with Gasteiger partial charge in [-0.3, -0.25) is 4.79 Å². The lowest BCUT2D eigenvalue weighted by molar-refractivity contribution is -0.154. The molecule has 160 valence electrons. The van der Waals surface area contributed by atoms with E-state index in [-0.39, 0.29) is 24.7 Å². The largest absolute Gasteiger partial charge is 0.482 e. The summed E-state index contributed by atoms with van der Waals surface area (Å²) in [5.41, 5.74) is 1.97. The third-order valence-corrected chi connectivity index (χ3v) is 5.88. The standard InChI is InChI=1S/C23H27NO6/c1-14-8-15(2)11-24(10-14)21(25)12-29-22(26)13-28-16-6-7-18-17-4-3-5-19(17)23(27)30-20(18)9-16/h6-7,9,14-15H,3-5,8,10-13H2,1-2H3/t14-,15+. The van der Waals surface area contributed by atoms with Gasteiger partial charge in [0.2, 0.25) is 0 Å². The molecule has 1 aliphatic carbocycles. The highest BCUT2D eigenvalue weighted by atomic mass is 16.6. The summed E-state index contributed by atoms with van der Waals surface area (Å²) in [6.45, 7) is 5.04. The molecule has 30 heavy (non-hydrogen) atoms. The van der Waals surface area contributed by atoms with E-state index in [1.165, 1.54) is 0 Å². The van der Waals surface area contributed by atoms with Crippen molar-refractivity contribution in [1.82, 2.24) is 4.90 Å². The summed E-state index contributed by atoms with van der Waals surface area (Å²) in [6, 6.07) is 5.21. The molecular weight excluding hydrogens is 386 g/mol. The van der Waals surface area contributed by atoms with Crippen molar-refractivity contribution >= 4 is 22.8 Å². The van der Waals surface area contributed by atoms with Crippen LogP contribution in [0.4, 0.5) is 0 Å². The van der Waals surface area contributed by atoms with Crippen molar-refractivity contribution < 1.29 is 23.5 Å². The number of benzene rings is 1. The van der Waals surface area contributed by atoms with Crippen LogP contribution >= 0.6 is 0 Å². The van der Waals surface area contributed by atoms with E-state index in [0.717, 1.165) is 42.2 Å². The van der Waals surface area contributed by atoms with Crippen molar-refractivity contribution in [2.45, 2.75) is 39.5 Å². The number of likely N-dealkylation sites (tertiary alicyclic amines) is 1. The normalized spacial score (nSPS) is 20.8. The van der Waals surface area contributed by atoms with Crippen LogP contribution in [0.3, 0.4) is 0 Å². The number of esters is 1. The Morgan fingerprint density at radius 1 is 1.10 bits per heavy atom. The fraction of sp³-hybridized carbons (Fsp3) is 0.522. The zero-order chi connectivity index (χ0) is 21.3. The van der Waals surface area contributed by atoms with Crippen LogP contribution in [-0.4, -0.2) is 43.1 Å². The number of aryl methyl sites for hydroxylation is 1. The van der Waals surface area contributed by atoms with Crippen LogP contribution in [0.15, 0.2) is 27.4 Å². The molecule has 0 saturated carbocycles. The minimum absolute atomic E-state index is 0.178. The van der Waals surface area contributed by atoms with E-state index in [9.17, 15) is 14.4 Å². The SMILES string of the molecule is C[C@@H]1C[C@H](C)CN(C(=O)COC(=O)COc2ccc3c4c(c(=O)oc3c2)CCC4)C1. The first-order chi connectivity index (χ1) is 14.4. The summed E-state index contributed by atoms with van der Waals surface area (Å²) in [5.74, 6) is 0.516. The van der Waals surface area contributed by atoms with Crippen molar-refractivity contribution in [2.24, 2.45) is 11.8 Å². The molecule has 2 atom stereocenters. The monoisotopic (exact) mass is 413 g/mol. The quantitative estimate of drug-likeness (QED) is 0.553. The first-order valence-electron chi connectivity index (χ1n) is 10.6. The molecule has 0 bridgehead atoms. The Morgan fingerprint density at radius 3 is 2.60 bits per heavy atom. The Hall–Kier alpha value is -2.83. The predicted molar refractivity (Wildman–Crippen MR) is 110 cm³/mol.